The molecule has 2 rings (SSSR count). The highest BCUT2D eigenvalue weighted by molar-refractivity contribution is 5.31. The van der Waals surface area contributed by atoms with Gasteiger partial charge < -0.3 is 5.73 Å². The third-order valence-corrected chi connectivity index (χ3v) is 2.89. The number of rotatable bonds is 3. The quantitative estimate of drug-likeness (QED) is 0.876. The molecule has 0 fully saturated rings. The normalized spacial score (nSPS) is 13.2. The maximum atomic E-state index is 13.9. The number of aromatic nitrogens is 1. The van der Waals surface area contributed by atoms with Crippen molar-refractivity contribution < 1.29 is 17.6 Å². The van der Waals surface area contributed by atoms with Gasteiger partial charge in [0.25, 0.3) is 0 Å². The molecule has 1 unspecified atom stereocenters. The minimum Gasteiger partial charge on any atom is -0.324 e. The number of hydrogen-bond acceptors (Lipinski definition) is 2. The van der Waals surface area contributed by atoms with E-state index >= 15 is 0 Å². The van der Waals surface area contributed by atoms with E-state index in [2.05, 4.69) is 4.98 Å². The predicted molar refractivity (Wildman–Crippen MR) is 66.3 cm³/mol. The molecule has 20 heavy (non-hydrogen) atoms. The van der Waals surface area contributed by atoms with Crippen LogP contribution in [0.25, 0.3) is 0 Å². The molecule has 0 radical (unpaired) electrons. The van der Waals surface area contributed by atoms with Crippen molar-refractivity contribution in [1.82, 2.24) is 4.98 Å². The fourth-order valence-corrected chi connectivity index (χ4v) is 1.91. The van der Waals surface area contributed by atoms with Crippen LogP contribution in [0.4, 0.5) is 17.6 Å². The van der Waals surface area contributed by atoms with Crippen molar-refractivity contribution in [3.63, 3.8) is 0 Å². The van der Waals surface area contributed by atoms with Crippen LogP contribution in [0.15, 0.2) is 42.6 Å². The van der Waals surface area contributed by atoms with Crippen molar-refractivity contribution in [2.45, 2.75) is 18.6 Å². The van der Waals surface area contributed by atoms with Crippen LogP contribution < -0.4 is 5.73 Å². The minimum atomic E-state index is -4.73. The van der Waals surface area contributed by atoms with E-state index in [4.69, 9.17) is 5.73 Å². The van der Waals surface area contributed by atoms with Gasteiger partial charge in [-0.2, -0.15) is 13.2 Å². The number of nitrogens with zero attached hydrogens (tertiary/aromatic N) is 1. The summed E-state index contributed by atoms with van der Waals surface area (Å²) in [5.41, 5.74) is 4.93. The molecule has 0 aliphatic rings. The molecule has 1 atom stereocenters. The fourth-order valence-electron chi connectivity index (χ4n) is 1.91. The van der Waals surface area contributed by atoms with Crippen LogP contribution in [0.5, 0.6) is 0 Å². The van der Waals surface area contributed by atoms with E-state index < -0.39 is 23.6 Å². The molecule has 0 aliphatic heterocycles. The molecular formula is C14H12F4N2. The zero-order valence-corrected chi connectivity index (χ0v) is 10.4. The highest BCUT2D eigenvalue weighted by Gasteiger charge is 2.35. The highest BCUT2D eigenvalue weighted by Crippen LogP contribution is 2.33. The van der Waals surface area contributed by atoms with Gasteiger partial charge in [0.1, 0.15) is 5.82 Å². The second-order valence-corrected chi connectivity index (χ2v) is 4.34. The number of hydrogen-bond donors (Lipinski definition) is 1. The van der Waals surface area contributed by atoms with Crippen molar-refractivity contribution in [2.24, 2.45) is 5.73 Å². The molecule has 1 heterocycles. The summed E-state index contributed by atoms with van der Waals surface area (Å²) >= 11 is 0. The van der Waals surface area contributed by atoms with Gasteiger partial charge in [0.15, 0.2) is 0 Å². The van der Waals surface area contributed by atoms with E-state index in [0.717, 1.165) is 6.07 Å². The lowest BCUT2D eigenvalue weighted by atomic mass is 9.99. The Kier molecular flexibility index (Phi) is 4.04. The molecule has 1 aromatic heterocycles. The van der Waals surface area contributed by atoms with Crippen LogP contribution in [0, 0.1) is 5.82 Å². The van der Waals surface area contributed by atoms with Gasteiger partial charge in [-0.3, -0.25) is 4.98 Å². The van der Waals surface area contributed by atoms with E-state index in [0.29, 0.717) is 11.8 Å². The average Bonchev–Trinajstić information content (AvgIpc) is 2.38. The van der Waals surface area contributed by atoms with E-state index in [1.807, 2.05) is 0 Å². The van der Waals surface area contributed by atoms with Crippen molar-refractivity contribution in [3.8, 4) is 0 Å². The van der Waals surface area contributed by atoms with Crippen molar-refractivity contribution in [1.29, 1.82) is 0 Å². The van der Waals surface area contributed by atoms with Crippen LogP contribution in [0.2, 0.25) is 0 Å². The topological polar surface area (TPSA) is 38.9 Å². The molecule has 2 aromatic rings. The van der Waals surface area contributed by atoms with Gasteiger partial charge >= 0.3 is 6.18 Å². The maximum Gasteiger partial charge on any atom is 0.419 e. The van der Waals surface area contributed by atoms with Gasteiger partial charge in [-0.25, -0.2) is 4.39 Å². The summed E-state index contributed by atoms with van der Waals surface area (Å²) in [4.78, 5) is 4.02. The lowest BCUT2D eigenvalue weighted by Gasteiger charge is -2.16. The molecule has 2 nitrogen and oxygen atoms in total. The van der Waals surface area contributed by atoms with Crippen molar-refractivity contribution in [3.05, 3.63) is 65.2 Å². The summed E-state index contributed by atoms with van der Waals surface area (Å²) in [6.07, 6.45) is -3.02. The molecule has 1 aromatic carbocycles. The minimum absolute atomic E-state index is 0.162. The van der Waals surface area contributed by atoms with Gasteiger partial charge in [-0.05, 0) is 18.2 Å². The Hall–Kier alpha value is -1.95. The van der Waals surface area contributed by atoms with Crippen LogP contribution in [-0.2, 0) is 12.6 Å². The Morgan fingerprint density at radius 2 is 1.85 bits per heavy atom. The Bertz CT molecular complexity index is 581. The van der Waals surface area contributed by atoms with Crippen LogP contribution in [0.1, 0.15) is 22.9 Å². The summed E-state index contributed by atoms with van der Waals surface area (Å²) in [6.45, 7) is 0. The van der Waals surface area contributed by atoms with Crippen LogP contribution in [0.3, 0.4) is 0 Å². The Morgan fingerprint density at radius 1 is 1.10 bits per heavy atom. The maximum absolute atomic E-state index is 13.9. The van der Waals surface area contributed by atoms with Gasteiger partial charge in [0.2, 0.25) is 0 Å². The smallest absolute Gasteiger partial charge is 0.324 e. The lowest BCUT2D eigenvalue weighted by Crippen LogP contribution is -2.18. The van der Waals surface area contributed by atoms with E-state index in [1.54, 1.807) is 24.4 Å². The molecule has 106 valence electrons. The van der Waals surface area contributed by atoms with E-state index in [9.17, 15) is 17.6 Å². The van der Waals surface area contributed by atoms with Gasteiger partial charge in [-0.15, -0.1) is 0 Å². The molecule has 0 saturated heterocycles. The molecular weight excluding hydrogens is 272 g/mol. The zero-order chi connectivity index (χ0) is 14.8. The van der Waals surface area contributed by atoms with E-state index in [-0.39, 0.29) is 12.0 Å². The number of alkyl halides is 3. The zero-order valence-electron chi connectivity index (χ0n) is 10.4. The van der Waals surface area contributed by atoms with Gasteiger partial charge in [-0.1, -0.05) is 18.2 Å². The molecule has 0 saturated carbocycles. The van der Waals surface area contributed by atoms with E-state index in [1.165, 1.54) is 6.07 Å². The molecule has 0 aliphatic carbocycles. The van der Waals surface area contributed by atoms with Crippen molar-refractivity contribution in [2.75, 3.05) is 0 Å². The molecule has 0 amide bonds. The van der Waals surface area contributed by atoms with Gasteiger partial charge in [0.05, 0.1) is 5.56 Å². The lowest BCUT2D eigenvalue weighted by molar-refractivity contribution is -0.140. The summed E-state index contributed by atoms with van der Waals surface area (Å²) in [5, 5.41) is 0. The molecule has 0 bridgehead atoms. The third-order valence-electron chi connectivity index (χ3n) is 2.89. The first kappa shape index (κ1) is 14.5. The number of pyridine rings is 1. The largest absolute Gasteiger partial charge is 0.419 e. The summed E-state index contributed by atoms with van der Waals surface area (Å²) in [7, 11) is 0. The Labute approximate surface area is 113 Å². The van der Waals surface area contributed by atoms with Crippen LogP contribution in [-0.4, -0.2) is 4.98 Å². The second-order valence-electron chi connectivity index (χ2n) is 4.34. The average molecular weight is 284 g/mol. The standard InChI is InChI=1S/C14H12F4N2/c15-13-10(5-3-6-11(13)14(16,17)18)12(19)8-9-4-1-2-7-20-9/h1-7,12H,8,19H2. The summed E-state index contributed by atoms with van der Waals surface area (Å²) in [5.74, 6) is -1.32. The highest BCUT2D eigenvalue weighted by atomic mass is 19.4. The van der Waals surface area contributed by atoms with Crippen LogP contribution >= 0.6 is 0 Å². The fraction of sp³-hybridized carbons (Fsp3) is 0.214. The number of benzene rings is 1. The third kappa shape index (κ3) is 3.14. The summed E-state index contributed by atoms with van der Waals surface area (Å²) in [6, 6.07) is 7.36. The molecule has 6 heteroatoms. The Balaban J connectivity index is 2.29. The first-order valence-electron chi connectivity index (χ1n) is 5.90. The monoisotopic (exact) mass is 284 g/mol. The Morgan fingerprint density at radius 3 is 2.45 bits per heavy atom. The molecule has 2 N–H and O–H groups in total. The molecule has 0 spiro atoms. The number of halogens is 4. The SMILES string of the molecule is NC(Cc1ccccn1)c1cccc(C(F)(F)F)c1F. The summed E-state index contributed by atoms with van der Waals surface area (Å²) < 4.78 is 51.8. The number of nitrogens with two attached hydrogens (primary N) is 1. The predicted octanol–water partition coefficient (Wildman–Crippen LogP) is 3.48. The van der Waals surface area contributed by atoms with Crippen molar-refractivity contribution >= 4 is 0 Å². The first-order chi connectivity index (χ1) is 9.39. The van der Waals surface area contributed by atoms with Gasteiger partial charge in [0, 0.05) is 29.9 Å². The first-order valence-corrected chi connectivity index (χ1v) is 5.90. The second kappa shape index (κ2) is 5.58.